The van der Waals surface area contributed by atoms with Crippen LogP contribution in [0.2, 0.25) is 0 Å². The Kier molecular flexibility index (Phi) is 4.26. The number of likely N-dealkylation sites (tertiary alicyclic amines) is 1. The van der Waals surface area contributed by atoms with Crippen LogP contribution in [0.5, 0.6) is 0 Å². The van der Waals surface area contributed by atoms with Crippen molar-refractivity contribution in [2.45, 2.75) is 64.5 Å². The molecule has 1 aliphatic carbocycles. The van der Waals surface area contributed by atoms with E-state index in [4.69, 9.17) is 5.73 Å². The molecule has 1 saturated carbocycles. The molecular formula is C14H28N2. The van der Waals surface area contributed by atoms with E-state index in [-0.39, 0.29) is 0 Å². The van der Waals surface area contributed by atoms with Crippen LogP contribution in [0.3, 0.4) is 0 Å². The lowest BCUT2D eigenvalue weighted by atomic mass is 9.80. The smallest absolute Gasteiger partial charge is 0.0194 e. The molecule has 0 amide bonds. The fraction of sp³-hybridized carbons (Fsp3) is 1.00. The van der Waals surface area contributed by atoms with E-state index in [0.717, 1.165) is 24.4 Å². The van der Waals surface area contributed by atoms with Crippen LogP contribution in [0.25, 0.3) is 0 Å². The first-order valence-corrected chi connectivity index (χ1v) is 7.22. The first-order chi connectivity index (χ1) is 7.72. The number of nitrogens with two attached hydrogens (primary N) is 1. The fourth-order valence-corrected chi connectivity index (χ4v) is 3.57. The summed E-state index contributed by atoms with van der Waals surface area (Å²) in [6.45, 7) is 7.09. The standard InChI is InChI=1S/C14H28N2/c1-3-12-6-4-5-7-14(12)16-9-8-11(2)13(15)10-16/h11-14H,3-10,15H2,1-2H3. The lowest BCUT2D eigenvalue weighted by Crippen LogP contribution is -2.53. The van der Waals surface area contributed by atoms with E-state index in [9.17, 15) is 0 Å². The molecule has 2 rings (SSSR count). The van der Waals surface area contributed by atoms with Gasteiger partial charge in [0.05, 0.1) is 0 Å². The lowest BCUT2D eigenvalue weighted by Gasteiger charge is -2.44. The Morgan fingerprint density at radius 2 is 1.94 bits per heavy atom. The van der Waals surface area contributed by atoms with Gasteiger partial charge < -0.3 is 5.73 Å². The van der Waals surface area contributed by atoms with Crippen molar-refractivity contribution in [2.24, 2.45) is 17.6 Å². The van der Waals surface area contributed by atoms with Gasteiger partial charge in [0.1, 0.15) is 0 Å². The normalized spacial score (nSPS) is 42.2. The van der Waals surface area contributed by atoms with Gasteiger partial charge in [-0.25, -0.2) is 0 Å². The molecule has 0 aromatic carbocycles. The Balaban J connectivity index is 1.95. The number of piperidine rings is 1. The van der Waals surface area contributed by atoms with Gasteiger partial charge in [-0.15, -0.1) is 0 Å². The van der Waals surface area contributed by atoms with Gasteiger partial charge in [0.25, 0.3) is 0 Å². The molecule has 0 spiro atoms. The number of nitrogens with zero attached hydrogens (tertiary/aromatic N) is 1. The molecule has 16 heavy (non-hydrogen) atoms. The minimum Gasteiger partial charge on any atom is -0.326 e. The largest absolute Gasteiger partial charge is 0.326 e. The van der Waals surface area contributed by atoms with Gasteiger partial charge in [0.2, 0.25) is 0 Å². The summed E-state index contributed by atoms with van der Waals surface area (Å²) < 4.78 is 0. The van der Waals surface area contributed by atoms with Crippen molar-refractivity contribution >= 4 is 0 Å². The van der Waals surface area contributed by atoms with Crippen LogP contribution in [0.15, 0.2) is 0 Å². The second-order valence-corrected chi connectivity index (χ2v) is 5.94. The van der Waals surface area contributed by atoms with E-state index in [2.05, 4.69) is 18.7 Å². The lowest BCUT2D eigenvalue weighted by molar-refractivity contribution is 0.0596. The Hall–Kier alpha value is -0.0800. The fourth-order valence-electron chi connectivity index (χ4n) is 3.57. The maximum Gasteiger partial charge on any atom is 0.0194 e. The van der Waals surface area contributed by atoms with Crippen LogP contribution < -0.4 is 5.73 Å². The highest BCUT2D eigenvalue weighted by Crippen LogP contribution is 2.32. The first-order valence-electron chi connectivity index (χ1n) is 7.22. The highest BCUT2D eigenvalue weighted by Gasteiger charge is 2.33. The summed E-state index contributed by atoms with van der Waals surface area (Å²) in [5.74, 6) is 1.66. The Bertz CT molecular complexity index is 217. The van der Waals surface area contributed by atoms with Gasteiger partial charge in [0.15, 0.2) is 0 Å². The van der Waals surface area contributed by atoms with Crippen molar-refractivity contribution in [1.29, 1.82) is 0 Å². The second-order valence-electron chi connectivity index (χ2n) is 5.94. The van der Waals surface area contributed by atoms with Crippen LogP contribution >= 0.6 is 0 Å². The topological polar surface area (TPSA) is 29.3 Å². The second kappa shape index (κ2) is 5.50. The van der Waals surface area contributed by atoms with Crippen LogP contribution in [0.4, 0.5) is 0 Å². The van der Waals surface area contributed by atoms with Crippen molar-refractivity contribution in [3.8, 4) is 0 Å². The average molecular weight is 224 g/mol. The molecule has 2 fully saturated rings. The molecule has 0 radical (unpaired) electrons. The summed E-state index contributed by atoms with van der Waals surface area (Å²) in [5, 5.41) is 0. The zero-order valence-electron chi connectivity index (χ0n) is 11.0. The Morgan fingerprint density at radius 3 is 2.62 bits per heavy atom. The predicted molar refractivity (Wildman–Crippen MR) is 69.4 cm³/mol. The van der Waals surface area contributed by atoms with E-state index in [1.54, 1.807) is 0 Å². The van der Waals surface area contributed by atoms with E-state index in [0.29, 0.717) is 6.04 Å². The monoisotopic (exact) mass is 224 g/mol. The summed E-state index contributed by atoms with van der Waals surface area (Å²) in [6, 6.07) is 1.26. The highest BCUT2D eigenvalue weighted by atomic mass is 15.2. The zero-order chi connectivity index (χ0) is 11.5. The van der Waals surface area contributed by atoms with Gasteiger partial charge in [-0.05, 0) is 37.6 Å². The van der Waals surface area contributed by atoms with E-state index in [1.165, 1.54) is 45.1 Å². The summed E-state index contributed by atoms with van der Waals surface area (Å²) in [6.07, 6.45) is 8.40. The maximum atomic E-state index is 6.22. The molecule has 4 unspecified atom stereocenters. The molecule has 1 saturated heterocycles. The molecule has 1 heterocycles. The number of rotatable bonds is 2. The maximum absolute atomic E-state index is 6.22. The minimum atomic E-state index is 0.410. The van der Waals surface area contributed by atoms with Gasteiger partial charge in [-0.3, -0.25) is 4.90 Å². The molecule has 94 valence electrons. The summed E-state index contributed by atoms with van der Waals surface area (Å²) in [5.41, 5.74) is 6.22. The van der Waals surface area contributed by atoms with Crippen molar-refractivity contribution in [3.05, 3.63) is 0 Å². The number of hydrogen-bond donors (Lipinski definition) is 1. The third-order valence-electron chi connectivity index (χ3n) is 4.91. The summed E-state index contributed by atoms with van der Waals surface area (Å²) >= 11 is 0. The minimum absolute atomic E-state index is 0.410. The van der Waals surface area contributed by atoms with Crippen LogP contribution in [0.1, 0.15) is 52.4 Å². The quantitative estimate of drug-likeness (QED) is 0.781. The SMILES string of the molecule is CCC1CCCCC1N1CCC(C)C(N)C1. The van der Waals surface area contributed by atoms with Crippen molar-refractivity contribution in [2.75, 3.05) is 13.1 Å². The van der Waals surface area contributed by atoms with Crippen LogP contribution in [-0.4, -0.2) is 30.1 Å². The summed E-state index contributed by atoms with van der Waals surface area (Å²) in [4.78, 5) is 2.71. The Labute approximate surface area is 101 Å². The van der Waals surface area contributed by atoms with Crippen LogP contribution in [0, 0.1) is 11.8 Å². The third-order valence-corrected chi connectivity index (χ3v) is 4.91. The number of hydrogen-bond acceptors (Lipinski definition) is 2. The predicted octanol–water partition coefficient (Wildman–Crippen LogP) is 2.62. The average Bonchev–Trinajstić information content (AvgIpc) is 2.32. The summed E-state index contributed by atoms with van der Waals surface area (Å²) in [7, 11) is 0. The van der Waals surface area contributed by atoms with E-state index < -0.39 is 0 Å². The van der Waals surface area contributed by atoms with Gasteiger partial charge in [-0.1, -0.05) is 33.1 Å². The molecule has 2 N–H and O–H groups in total. The Morgan fingerprint density at radius 1 is 1.19 bits per heavy atom. The van der Waals surface area contributed by atoms with Gasteiger partial charge in [0, 0.05) is 18.6 Å². The molecule has 0 bridgehead atoms. The molecule has 0 aromatic rings. The molecule has 0 aromatic heterocycles. The van der Waals surface area contributed by atoms with E-state index in [1.807, 2.05) is 0 Å². The zero-order valence-corrected chi connectivity index (χ0v) is 11.0. The highest BCUT2D eigenvalue weighted by molar-refractivity contribution is 4.89. The first kappa shape index (κ1) is 12.4. The molecule has 2 heteroatoms. The molecule has 4 atom stereocenters. The molecule has 1 aliphatic heterocycles. The molecule has 2 aliphatic rings. The van der Waals surface area contributed by atoms with Gasteiger partial charge in [-0.2, -0.15) is 0 Å². The molecular weight excluding hydrogens is 196 g/mol. The van der Waals surface area contributed by atoms with Crippen LogP contribution in [-0.2, 0) is 0 Å². The van der Waals surface area contributed by atoms with Gasteiger partial charge >= 0.3 is 0 Å². The van der Waals surface area contributed by atoms with Crippen molar-refractivity contribution in [1.82, 2.24) is 4.90 Å². The molecule has 2 nitrogen and oxygen atoms in total. The van der Waals surface area contributed by atoms with Crippen molar-refractivity contribution in [3.63, 3.8) is 0 Å². The third kappa shape index (κ3) is 2.60. The van der Waals surface area contributed by atoms with Crippen molar-refractivity contribution < 1.29 is 0 Å². The van der Waals surface area contributed by atoms with E-state index >= 15 is 0 Å².